The van der Waals surface area contributed by atoms with Crippen LogP contribution in [0.1, 0.15) is 40.3 Å². The van der Waals surface area contributed by atoms with Gasteiger partial charge in [0.2, 0.25) is 11.8 Å². The van der Waals surface area contributed by atoms with Gasteiger partial charge in [0.15, 0.2) is 22.8 Å². The highest BCUT2D eigenvalue weighted by Gasteiger charge is 2.50. The lowest BCUT2D eigenvalue weighted by molar-refractivity contribution is -0.137. The number of phosphoric ester groups is 3. The number of aliphatic hydroxyl groups excluding tert-OH is 2. The molecule has 2 aromatic rings. The quantitative estimate of drug-likeness (QED) is 0.0589. The van der Waals surface area contributed by atoms with Crippen LogP contribution in [-0.4, -0.2) is 123 Å². The van der Waals surface area contributed by atoms with Crippen LogP contribution >= 0.6 is 35.2 Å². The van der Waals surface area contributed by atoms with Gasteiger partial charge in [0.05, 0.1) is 19.5 Å². The lowest BCUT2D eigenvalue weighted by atomic mass is 9.87. The molecule has 0 radical (unpaired) electrons. The molecule has 10 N–H and O–H groups in total. The Balaban J connectivity index is 1.52. The number of ether oxygens (including phenoxy) is 1. The maximum atomic E-state index is 12.6. The number of hydrogen-bond acceptors (Lipinski definition) is 18. The zero-order valence-electron chi connectivity index (χ0n) is 28.7. The van der Waals surface area contributed by atoms with Gasteiger partial charge in [-0.2, -0.15) is 4.31 Å². The van der Waals surface area contributed by atoms with Crippen LogP contribution in [0.3, 0.4) is 0 Å². The van der Waals surface area contributed by atoms with Crippen LogP contribution in [0.25, 0.3) is 11.2 Å². The average Bonchev–Trinajstić information content (AvgIpc) is 3.60. The number of carbonyl (C=O) groups excluding carboxylic acids is 3. The molecule has 24 nitrogen and oxygen atoms in total. The van der Waals surface area contributed by atoms with Crippen molar-refractivity contribution >= 4 is 69.1 Å². The average molecular weight is 840 g/mol. The van der Waals surface area contributed by atoms with Crippen LogP contribution in [0.2, 0.25) is 0 Å². The van der Waals surface area contributed by atoms with Gasteiger partial charge in [-0.05, 0) is 0 Å². The van der Waals surface area contributed by atoms with Gasteiger partial charge < -0.3 is 50.9 Å². The van der Waals surface area contributed by atoms with Gasteiger partial charge >= 0.3 is 23.5 Å². The maximum Gasteiger partial charge on any atom is 0.481 e. The fraction of sp³-hybridized carbons (Fsp3) is 0.680. The molecule has 1 saturated heterocycles. The number of anilines is 1. The zero-order valence-corrected chi connectivity index (χ0v) is 32.2. The highest BCUT2D eigenvalue weighted by Crippen LogP contribution is 2.61. The standard InChI is InChI=1S/C25H42N7O17P3S/c1-13(2)24(37)53-8-7-27-15(33)5-6-28-22(36)19(35)25(3,4)10-46-52(43,44)49-51(41,42)45-9-14-18(48-50(38,39)40)17(34)23(47-14)32-12-31-16-20(26)29-11-30-21(16)32/h11-14,17-19,23,34-35H,5-10H2,1-4H3,(H,27,33)(H,28,36)(H,41,42)(H,43,44)(H2,26,29,30)(H2,38,39,40)/t14-,17-,18-,19+,23-/m1/s1/i24+2. The summed E-state index contributed by atoms with van der Waals surface area (Å²) in [5.74, 6) is -1.22. The first kappa shape index (κ1) is 45.0. The SMILES string of the molecule is CC(C)[14C](=O)SCCNC(=O)CCNC(=O)[C@H](O)C(C)(C)COP(=O)(O)OP(=O)(O)OC[C@H]1O[C@@H](n2cnc3c(N)ncnc32)[C@H](O)[C@@H]1OP(=O)(O)O. The number of nitrogen functional groups attached to an aromatic ring is 1. The van der Waals surface area contributed by atoms with Crippen LogP contribution in [0.5, 0.6) is 0 Å². The summed E-state index contributed by atoms with van der Waals surface area (Å²) in [6.07, 6.45) is -6.89. The van der Waals surface area contributed by atoms with Gasteiger partial charge in [-0.25, -0.2) is 28.6 Å². The molecule has 3 rings (SSSR count). The molecular formula is C25H42N7O17P3S. The molecule has 2 amide bonds. The summed E-state index contributed by atoms with van der Waals surface area (Å²) in [4.78, 5) is 86.9. The Hall–Kier alpha value is -2.44. The van der Waals surface area contributed by atoms with Gasteiger partial charge in [-0.1, -0.05) is 39.5 Å². The third kappa shape index (κ3) is 13.4. The fourth-order valence-electron chi connectivity index (χ4n) is 4.45. The second kappa shape index (κ2) is 18.5. The van der Waals surface area contributed by atoms with E-state index in [9.17, 15) is 57.9 Å². The summed E-state index contributed by atoms with van der Waals surface area (Å²) < 4.78 is 61.9. The van der Waals surface area contributed by atoms with Crippen molar-refractivity contribution in [3.63, 3.8) is 0 Å². The van der Waals surface area contributed by atoms with Crippen molar-refractivity contribution in [1.29, 1.82) is 0 Å². The van der Waals surface area contributed by atoms with Crippen LogP contribution in [0.15, 0.2) is 12.7 Å². The Labute approximate surface area is 306 Å². The van der Waals surface area contributed by atoms with E-state index in [4.69, 9.17) is 19.5 Å². The number of fused-ring (bicyclic) bond motifs is 1. The number of aliphatic hydroxyl groups is 2. The van der Waals surface area contributed by atoms with Crippen molar-refractivity contribution in [2.24, 2.45) is 11.3 Å². The number of nitrogens with two attached hydrogens (primary N) is 1. The van der Waals surface area contributed by atoms with E-state index in [1.807, 2.05) is 0 Å². The second-order valence-corrected chi connectivity index (χ2v) is 17.7. The predicted octanol–water partition coefficient (Wildman–Crippen LogP) is -0.679. The Morgan fingerprint density at radius 3 is 2.40 bits per heavy atom. The normalized spacial score (nSPS) is 22.3. The summed E-state index contributed by atoms with van der Waals surface area (Å²) >= 11 is 1.08. The molecule has 0 bridgehead atoms. The summed E-state index contributed by atoms with van der Waals surface area (Å²) in [7, 11) is -16.4. The van der Waals surface area contributed by atoms with E-state index >= 15 is 0 Å². The Kier molecular flexibility index (Phi) is 15.7. The van der Waals surface area contributed by atoms with E-state index in [0.717, 1.165) is 29.0 Å². The van der Waals surface area contributed by atoms with Gasteiger partial charge in [-0.15, -0.1) is 0 Å². The monoisotopic (exact) mass is 839 g/mol. The maximum absolute atomic E-state index is 12.6. The van der Waals surface area contributed by atoms with E-state index in [2.05, 4.69) is 34.4 Å². The van der Waals surface area contributed by atoms with Crippen molar-refractivity contribution < 1.29 is 80.5 Å². The zero-order chi connectivity index (χ0) is 39.9. The molecule has 2 aromatic heterocycles. The van der Waals surface area contributed by atoms with Gasteiger partial charge in [-0.3, -0.25) is 32.5 Å². The molecule has 0 saturated carbocycles. The molecule has 1 aliphatic rings. The van der Waals surface area contributed by atoms with Crippen molar-refractivity contribution in [3.8, 4) is 0 Å². The van der Waals surface area contributed by atoms with Crippen LogP contribution in [0, 0.1) is 11.3 Å². The molecule has 28 heteroatoms. The molecule has 53 heavy (non-hydrogen) atoms. The van der Waals surface area contributed by atoms with Crippen molar-refractivity contribution in [2.75, 3.05) is 37.8 Å². The number of amides is 2. The van der Waals surface area contributed by atoms with Crippen molar-refractivity contribution in [1.82, 2.24) is 30.2 Å². The summed E-state index contributed by atoms with van der Waals surface area (Å²) in [6.45, 7) is 4.03. The second-order valence-electron chi connectivity index (χ2n) is 12.4. The van der Waals surface area contributed by atoms with Crippen LogP contribution in [-0.2, 0) is 50.7 Å². The van der Waals surface area contributed by atoms with Gasteiger partial charge in [0, 0.05) is 36.6 Å². The van der Waals surface area contributed by atoms with Crippen LogP contribution < -0.4 is 16.4 Å². The number of hydrogen-bond donors (Lipinski definition) is 9. The largest absolute Gasteiger partial charge is 0.481 e. The number of nitrogens with one attached hydrogen (secondary N) is 2. The Morgan fingerprint density at radius 1 is 1.09 bits per heavy atom. The minimum atomic E-state index is -5.56. The van der Waals surface area contributed by atoms with E-state index in [-0.39, 0.29) is 47.5 Å². The molecule has 0 spiro atoms. The molecule has 0 aromatic carbocycles. The summed E-state index contributed by atoms with van der Waals surface area (Å²) in [5, 5.41) is 26.3. The highest BCUT2D eigenvalue weighted by atomic mass is 32.2. The van der Waals surface area contributed by atoms with Gasteiger partial charge in [0.25, 0.3) is 0 Å². The molecule has 0 aliphatic carbocycles. The Bertz CT molecular complexity index is 1760. The smallest absolute Gasteiger partial charge is 0.386 e. The number of aromatic nitrogens is 4. The van der Waals surface area contributed by atoms with E-state index in [1.165, 1.54) is 13.8 Å². The molecule has 3 heterocycles. The first-order valence-electron chi connectivity index (χ1n) is 15.5. The lowest BCUT2D eigenvalue weighted by Gasteiger charge is -2.30. The molecule has 1 aliphatic heterocycles. The number of imidazole rings is 1. The first-order chi connectivity index (χ1) is 24.4. The first-order valence-corrected chi connectivity index (χ1v) is 21.0. The predicted molar refractivity (Wildman–Crippen MR) is 182 cm³/mol. The third-order valence-corrected chi connectivity index (χ3v) is 11.5. The van der Waals surface area contributed by atoms with Crippen molar-refractivity contribution in [2.45, 2.75) is 64.8 Å². The number of phosphoric acid groups is 3. The van der Waals surface area contributed by atoms with E-state index in [1.54, 1.807) is 13.8 Å². The lowest BCUT2D eigenvalue weighted by Crippen LogP contribution is -2.46. The van der Waals surface area contributed by atoms with Gasteiger partial charge in [0.1, 0.15) is 36.3 Å². The molecule has 1 fully saturated rings. The Morgan fingerprint density at radius 2 is 1.75 bits per heavy atom. The molecule has 300 valence electrons. The van der Waals surface area contributed by atoms with E-state index in [0.29, 0.717) is 5.75 Å². The topological polar surface area (TPSA) is 364 Å². The molecule has 7 atom stereocenters. The number of rotatable bonds is 20. The summed E-state index contributed by atoms with van der Waals surface area (Å²) in [6, 6.07) is 0. The number of thioether (sulfide) groups is 1. The minimum Gasteiger partial charge on any atom is -0.386 e. The van der Waals surface area contributed by atoms with E-state index < -0.39 is 84.6 Å². The molecular weight excluding hydrogens is 797 g/mol. The third-order valence-electron chi connectivity index (χ3n) is 7.22. The fourth-order valence-corrected chi connectivity index (χ4v) is 8.02. The summed E-state index contributed by atoms with van der Waals surface area (Å²) in [5.41, 5.74) is 4.26. The van der Waals surface area contributed by atoms with Crippen molar-refractivity contribution in [3.05, 3.63) is 12.7 Å². The molecule has 2 unspecified atom stereocenters. The minimum absolute atomic E-state index is 0.0174. The highest BCUT2D eigenvalue weighted by molar-refractivity contribution is 8.13. The van der Waals surface area contributed by atoms with Crippen LogP contribution in [0.4, 0.5) is 5.82 Å². The number of nitrogens with zero attached hydrogens (tertiary/aromatic N) is 4. The number of carbonyl (C=O) groups is 3.